The number of aromatic nitrogens is 1. The van der Waals surface area contributed by atoms with Crippen LogP contribution in [-0.2, 0) is 0 Å². The zero-order chi connectivity index (χ0) is 34.2. The molecule has 10 aromatic rings. The molecule has 6 nitrogen and oxygen atoms in total. The third kappa shape index (κ3) is 4.48. The van der Waals surface area contributed by atoms with Gasteiger partial charge in [-0.25, -0.2) is 9.98 Å². The molecule has 1 atom stereocenters. The van der Waals surface area contributed by atoms with Crippen LogP contribution < -0.4 is 5.32 Å². The van der Waals surface area contributed by atoms with Crippen molar-refractivity contribution in [2.75, 3.05) is 0 Å². The van der Waals surface area contributed by atoms with Gasteiger partial charge in [-0.15, -0.1) is 0 Å². The number of fused-ring (bicyclic) bond motifs is 8. The van der Waals surface area contributed by atoms with E-state index in [0.717, 1.165) is 93.8 Å². The molecule has 1 unspecified atom stereocenters. The lowest BCUT2D eigenvalue weighted by Crippen LogP contribution is -2.33. The van der Waals surface area contributed by atoms with E-state index in [0.29, 0.717) is 5.84 Å². The summed E-state index contributed by atoms with van der Waals surface area (Å²) in [7, 11) is 0. The van der Waals surface area contributed by atoms with Gasteiger partial charge < -0.3 is 14.2 Å². The molecule has 1 N–H and O–H groups in total. The second-order valence-corrected chi connectivity index (χ2v) is 13.2. The minimum absolute atomic E-state index is 0.453. The molecule has 3 aromatic heterocycles. The molecule has 0 amide bonds. The van der Waals surface area contributed by atoms with Crippen LogP contribution in [0.15, 0.2) is 177 Å². The van der Waals surface area contributed by atoms with Crippen molar-refractivity contribution in [1.29, 1.82) is 0 Å². The molecule has 244 valence electrons. The van der Waals surface area contributed by atoms with Crippen molar-refractivity contribution in [2.24, 2.45) is 9.98 Å². The Morgan fingerprint density at radius 3 is 2.00 bits per heavy atom. The number of benzene rings is 7. The van der Waals surface area contributed by atoms with Gasteiger partial charge in [0.05, 0.1) is 11.1 Å². The van der Waals surface area contributed by atoms with Crippen molar-refractivity contribution in [2.45, 2.75) is 6.17 Å². The minimum atomic E-state index is -0.453. The molecule has 0 saturated heterocycles. The van der Waals surface area contributed by atoms with Crippen LogP contribution in [0.2, 0.25) is 0 Å². The van der Waals surface area contributed by atoms with Gasteiger partial charge in [-0.3, -0.25) is 4.98 Å². The van der Waals surface area contributed by atoms with Gasteiger partial charge >= 0.3 is 0 Å². The van der Waals surface area contributed by atoms with Gasteiger partial charge in [0.25, 0.3) is 0 Å². The maximum absolute atomic E-state index is 6.29. The number of pyridine rings is 1. The van der Waals surface area contributed by atoms with Gasteiger partial charge in [0.15, 0.2) is 5.84 Å². The third-order valence-corrected chi connectivity index (χ3v) is 10.2. The zero-order valence-corrected chi connectivity index (χ0v) is 27.7. The first-order valence-electron chi connectivity index (χ1n) is 17.4. The second kappa shape index (κ2) is 11.2. The largest absolute Gasteiger partial charge is 0.456 e. The smallest absolute Gasteiger partial charge is 0.160 e. The molecule has 0 saturated carbocycles. The topological polar surface area (TPSA) is 75.9 Å². The first-order valence-corrected chi connectivity index (χ1v) is 17.4. The summed E-state index contributed by atoms with van der Waals surface area (Å²) in [6, 6.07) is 52.1. The summed E-state index contributed by atoms with van der Waals surface area (Å²) >= 11 is 0. The zero-order valence-electron chi connectivity index (χ0n) is 27.7. The van der Waals surface area contributed by atoms with Gasteiger partial charge in [-0.2, -0.15) is 0 Å². The molecular formula is C46H28N4O2. The van der Waals surface area contributed by atoms with Crippen LogP contribution >= 0.6 is 0 Å². The summed E-state index contributed by atoms with van der Waals surface area (Å²) in [5, 5.41) is 12.3. The molecule has 1 aliphatic rings. The van der Waals surface area contributed by atoms with Crippen molar-refractivity contribution in [3.05, 3.63) is 175 Å². The standard InChI is InChI=1S/C46H28N4O2/c1-2-11-28-24-30(21-20-27(28)10-1)44-48-45(50-46(49-44)35-16-9-19-39-41(35)33-14-5-7-17-37(33)51-39)31-25-29-12-3-4-13-32(29)36(26-31)43-42-34-15-6-8-18-38(34)52-40(42)22-23-47-43/h1-26,45H,(H,48,49,50). The monoisotopic (exact) mass is 668 g/mol. The van der Waals surface area contributed by atoms with Gasteiger partial charge in [0.1, 0.15) is 34.3 Å². The van der Waals surface area contributed by atoms with Crippen LogP contribution in [0.1, 0.15) is 22.9 Å². The number of amidine groups is 2. The number of nitrogens with zero attached hydrogens (tertiary/aromatic N) is 3. The summed E-state index contributed by atoms with van der Waals surface area (Å²) in [4.78, 5) is 15.6. The molecule has 52 heavy (non-hydrogen) atoms. The van der Waals surface area contributed by atoms with Crippen LogP contribution in [-0.4, -0.2) is 16.7 Å². The molecule has 7 aromatic carbocycles. The molecule has 1 aliphatic heterocycles. The van der Waals surface area contributed by atoms with Crippen molar-refractivity contribution >= 4 is 77.1 Å². The summed E-state index contributed by atoms with van der Waals surface area (Å²) in [6.45, 7) is 0. The Labute approximate surface area is 297 Å². The lowest BCUT2D eigenvalue weighted by molar-refractivity contribution is 0.668. The molecule has 6 heteroatoms. The van der Waals surface area contributed by atoms with E-state index in [9.17, 15) is 0 Å². The van der Waals surface area contributed by atoms with E-state index in [-0.39, 0.29) is 0 Å². The van der Waals surface area contributed by atoms with Gasteiger partial charge in [-0.05, 0) is 69.6 Å². The highest BCUT2D eigenvalue weighted by Gasteiger charge is 2.25. The Bertz CT molecular complexity index is 3130. The van der Waals surface area contributed by atoms with E-state index in [1.165, 1.54) is 5.39 Å². The van der Waals surface area contributed by atoms with E-state index < -0.39 is 6.17 Å². The molecule has 11 rings (SSSR count). The Morgan fingerprint density at radius 1 is 0.500 bits per heavy atom. The molecule has 0 aliphatic carbocycles. The average Bonchev–Trinajstić information content (AvgIpc) is 3.79. The maximum Gasteiger partial charge on any atom is 0.160 e. The SMILES string of the molecule is c1ccc2cc(C3=NC(c4cccc5oc6ccccc6c45)=NC(c4cc(-c5nccc6oc7ccccc7c56)c5ccccc5c4)N3)ccc2c1. The van der Waals surface area contributed by atoms with Crippen LogP contribution in [0, 0.1) is 0 Å². The summed E-state index contributed by atoms with van der Waals surface area (Å²) in [6.07, 6.45) is 1.38. The van der Waals surface area contributed by atoms with E-state index in [1.54, 1.807) is 0 Å². The summed E-state index contributed by atoms with van der Waals surface area (Å²) in [5.74, 6) is 1.39. The summed E-state index contributed by atoms with van der Waals surface area (Å²) < 4.78 is 12.6. The van der Waals surface area contributed by atoms with Gasteiger partial charge in [0.2, 0.25) is 0 Å². The van der Waals surface area contributed by atoms with Crippen LogP contribution in [0.3, 0.4) is 0 Å². The highest BCUT2D eigenvalue weighted by atomic mass is 16.3. The molecule has 0 bridgehead atoms. The number of hydrogen-bond donors (Lipinski definition) is 1. The highest BCUT2D eigenvalue weighted by Crippen LogP contribution is 2.40. The molecule has 0 spiro atoms. The lowest BCUT2D eigenvalue weighted by Gasteiger charge is -2.25. The Hall–Kier alpha value is -7.05. The number of hydrogen-bond acceptors (Lipinski definition) is 6. The number of furan rings is 2. The predicted molar refractivity (Wildman–Crippen MR) is 211 cm³/mol. The van der Waals surface area contributed by atoms with Crippen LogP contribution in [0.4, 0.5) is 0 Å². The number of nitrogens with one attached hydrogen (secondary N) is 1. The third-order valence-electron chi connectivity index (χ3n) is 10.2. The Morgan fingerprint density at radius 2 is 1.17 bits per heavy atom. The summed E-state index contributed by atoms with van der Waals surface area (Å²) in [5.41, 5.74) is 8.08. The number of aliphatic imine (C=N–C) groups is 2. The first-order chi connectivity index (χ1) is 25.7. The fraction of sp³-hybridized carbons (Fsp3) is 0.0217. The first kappa shape index (κ1) is 28.8. The molecular weight excluding hydrogens is 641 g/mol. The van der Waals surface area contributed by atoms with Crippen molar-refractivity contribution in [1.82, 2.24) is 10.3 Å². The van der Waals surface area contributed by atoms with E-state index in [4.69, 9.17) is 23.8 Å². The molecule has 0 fully saturated rings. The van der Waals surface area contributed by atoms with Gasteiger partial charge in [-0.1, -0.05) is 109 Å². The predicted octanol–water partition coefficient (Wildman–Crippen LogP) is 11.3. The average molecular weight is 669 g/mol. The molecule has 4 heterocycles. The second-order valence-electron chi connectivity index (χ2n) is 13.2. The fourth-order valence-electron chi connectivity index (χ4n) is 7.75. The van der Waals surface area contributed by atoms with E-state index >= 15 is 0 Å². The highest BCUT2D eigenvalue weighted by molar-refractivity contribution is 6.22. The van der Waals surface area contributed by atoms with E-state index in [1.807, 2.05) is 60.8 Å². The quantitative estimate of drug-likeness (QED) is 0.202. The minimum Gasteiger partial charge on any atom is -0.456 e. The van der Waals surface area contributed by atoms with Crippen LogP contribution in [0.25, 0.3) is 76.7 Å². The maximum atomic E-state index is 6.29. The van der Waals surface area contributed by atoms with Crippen molar-refractivity contribution < 1.29 is 8.83 Å². The van der Waals surface area contributed by atoms with Gasteiger partial charge in [0, 0.05) is 39.0 Å². The Kier molecular flexibility index (Phi) is 6.21. The molecule has 0 radical (unpaired) electrons. The lowest BCUT2D eigenvalue weighted by atomic mass is 9.95. The van der Waals surface area contributed by atoms with Crippen molar-refractivity contribution in [3.63, 3.8) is 0 Å². The normalized spacial score (nSPS) is 14.7. The number of para-hydroxylation sites is 2. The van der Waals surface area contributed by atoms with Crippen LogP contribution in [0.5, 0.6) is 0 Å². The van der Waals surface area contributed by atoms with E-state index in [2.05, 4.69) is 102 Å². The fourth-order valence-corrected chi connectivity index (χ4v) is 7.75. The van der Waals surface area contributed by atoms with Crippen molar-refractivity contribution in [3.8, 4) is 11.3 Å². The Balaban J connectivity index is 1.15. The number of rotatable bonds is 4.